The number of hydrogen-bond acceptors (Lipinski definition) is 3. The smallest absolute Gasteiger partial charge is 0.317 e. The van der Waals surface area contributed by atoms with Gasteiger partial charge in [0.2, 0.25) is 0 Å². The molecule has 2 aliphatic carbocycles. The molecular weight excluding hydrogens is 324 g/mol. The second kappa shape index (κ2) is 8.54. The Labute approximate surface area is 158 Å². The van der Waals surface area contributed by atoms with Crippen molar-refractivity contribution in [1.82, 2.24) is 0 Å². The number of hydrogen-bond donors (Lipinski definition) is 0. The SMILES string of the molecule is C/C(CCCC(C)C)=C(\CCC1=CCC2C(=O)OC(=O)C2C1)CC1CC1. The molecule has 26 heavy (non-hydrogen) atoms. The molecule has 1 saturated carbocycles. The molecule has 0 aromatic rings. The molecule has 3 nitrogen and oxygen atoms in total. The Morgan fingerprint density at radius 1 is 1.15 bits per heavy atom. The van der Waals surface area contributed by atoms with Crippen molar-refractivity contribution in [2.75, 3.05) is 0 Å². The van der Waals surface area contributed by atoms with Gasteiger partial charge in [-0.05, 0) is 76.5 Å². The van der Waals surface area contributed by atoms with E-state index in [0.29, 0.717) is 6.42 Å². The number of esters is 2. The summed E-state index contributed by atoms with van der Waals surface area (Å²) in [5.41, 5.74) is 4.60. The van der Waals surface area contributed by atoms with Gasteiger partial charge in [0.1, 0.15) is 0 Å². The maximum Gasteiger partial charge on any atom is 0.317 e. The third-order valence-corrected chi connectivity index (χ3v) is 6.35. The van der Waals surface area contributed by atoms with Gasteiger partial charge in [-0.3, -0.25) is 9.59 Å². The van der Waals surface area contributed by atoms with Gasteiger partial charge in [0.25, 0.3) is 0 Å². The summed E-state index contributed by atoms with van der Waals surface area (Å²) in [5, 5.41) is 0. The van der Waals surface area contributed by atoms with Crippen LogP contribution in [0.25, 0.3) is 0 Å². The van der Waals surface area contributed by atoms with E-state index >= 15 is 0 Å². The van der Waals surface area contributed by atoms with Crippen molar-refractivity contribution in [3.8, 4) is 0 Å². The average molecular weight is 359 g/mol. The Hall–Kier alpha value is -1.38. The second-order valence-corrected chi connectivity index (χ2v) is 9.07. The van der Waals surface area contributed by atoms with Crippen LogP contribution in [0.2, 0.25) is 0 Å². The van der Waals surface area contributed by atoms with E-state index in [4.69, 9.17) is 4.74 Å². The lowest BCUT2D eigenvalue weighted by molar-refractivity contribution is -0.153. The summed E-state index contributed by atoms with van der Waals surface area (Å²) in [4.78, 5) is 23.5. The van der Waals surface area contributed by atoms with E-state index in [0.717, 1.165) is 31.1 Å². The molecule has 0 aromatic heterocycles. The molecule has 0 radical (unpaired) electrons. The summed E-state index contributed by atoms with van der Waals surface area (Å²) in [7, 11) is 0. The molecule has 3 heteroatoms. The third-order valence-electron chi connectivity index (χ3n) is 6.35. The van der Waals surface area contributed by atoms with Crippen molar-refractivity contribution < 1.29 is 14.3 Å². The van der Waals surface area contributed by atoms with Gasteiger partial charge in [-0.1, -0.05) is 43.1 Å². The molecule has 3 rings (SSSR count). The summed E-state index contributed by atoms with van der Waals surface area (Å²) < 4.78 is 4.82. The average Bonchev–Trinajstić information content (AvgIpc) is 3.37. The van der Waals surface area contributed by atoms with Crippen molar-refractivity contribution in [3.05, 3.63) is 22.8 Å². The van der Waals surface area contributed by atoms with Gasteiger partial charge in [-0.15, -0.1) is 0 Å². The lowest BCUT2D eigenvalue weighted by Crippen LogP contribution is -2.21. The minimum Gasteiger partial charge on any atom is -0.393 e. The number of carbonyl (C=O) groups excluding carboxylic acids is 2. The molecular formula is C23H34O3. The number of fused-ring (bicyclic) bond motifs is 1. The van der Waals surface area contributed by atoms with Crippen LogP contribution >= 0.6 is 0 Å². The Bertz CT molecular complexity index is 607. The molecule has 0 N–H and O–H groups in total. The van der Waals surface area contributed by atoms with Crippen LogP contribution in [0.3, 0.4) is 0 Å². The maximum atomic E-state index is 11.9. The first-order valence-corrected chi connectivity index (χ1v) is 10.5. The zero-order valence-electron chi connectivity index (χ0n) is 16.7. The fraction of sp³-hybridized carbons (Fsp3) is 0.739. The van der Waals surface area contributed by atoms with Crippen LogP contribution in [-0.2, 0) is 14.3 Å². The lowest BCUT2D eigenvalue weighted by Gasteiger charge is -2.21. The van der Waals surface area contributed by atoms with Crippen LogP contribution in [0.1, 0.15) is 85.0 Å². The number of cyclic esters (lactones) is 2. The zero-order valence-corrected chi connectivity index (χ0v) is 16.7. The fourth-order valence-electron chi connectivity index (χ4n) is 4.35. The molecule has 0 spiro atoms. The minimum atomic E-state index is -0.314. The highest BCUT2D eigenvalue weighted by Crippen LogP contribution is 2.41. The van der Waals surface area contributed by atoms with Gasteiger partial charge in [0, 0.05) is 0 Å². The summed E-state index contributed by atoms with van der Waals surface area (Å²) in [6.45, 7) is 6.92. The van der Waals surface area contributed by atoms with E-state index in [9.17, 15) is 9.59 Å². The molecule has 2 unspecified atom stereocenters. The zero-order chi connectivity index (χ0) is 18.7. The Kier molecular flexibility index (Phi) is 6.37. The highest BCUT2D eigenvalue weighted by molar-refractivity contribution is 5.96. The van der Waals surface area contributed by atoms with Crippen LogP contribution in [0.15, 0.2) is 22.8 Å². The summed E-state index contributed by atoms with van der Waals surface area (Å²) in [5.74, 6) is 0.645. The lowest BCUT2D eigenvalue weighted by atomic mass is 9.79. The standard InChI is InChI=1S/C23H34O3/c1-15(2)5-4-6-16(3)19(13-17-7-8-17)11-9-18-10-12-20-21(14-18)23(25)26-22(20)24/h10,15,17,20-21H,4-9,11-14H2,1-3H3/b19-16-. The van der Waals surface area contributed by atoms with E-state index in [2.05, 4.69) is 26.8 Å². The van der Waals surface area contributed by atoms with Crippen LogP contribution in [0, 0.1) is 23.7 Å². The van der Waals surface area contributed by atoms with Crippen molar-refractivity contribution in [2.45, 2.75) is 85.0 Å². The molecule has 2 fully saturated rings. The predicted molar refractivity (Wildman–Crippen MR) is 103 cm³/mol. The maximum absolute atomic E-state index is 11.9. The van der Waals surface area contributed by atoms with Gasteiger partial charge >= 0.3 is 11.9 Å². The van der Waals surface area contributed by atoms with E-state index < -0.39 is 0 Å². The Morgan fingerprint density at radius 3 is 2.58 bits per heavy atom. The summed E-state index contributed by atoms with van der Waals surface area (Å²) in [6.07, 6.45) is 13.6. The quantitative estimate of drug-likeness (QED) is 0.300. The van der Waals surface area contributed by atoms with Crippen molar-refractivity contribution >= 4 is 11.9 Å². The third kappa shape index (κ3) is 5.08. The van der Waals surface area contributed by atoms with E-state index in [1.807, 2.05) is 0 Å². The number of carbonyl (C=O) groups is 2. The van der Waals surface area contributed by atoms with Crippen LogP contribution in [0.4, 0.5) is 0 Å². The molecule has 3 aliphatic rings. The molecule has 2 atom stereocenters. The van der Waals surface area contributed by atoms with E-state index in [1.165, 1.54) is 44.1 Å². The number of ether oxygens (including phenoxy) is 1. The summed E-state index contributed by atoms with van der Waals surface area (Å²) >= 11 is 0. The highest BCUT2D eigenvalue weighted by Gasteiger charge is 2.45. The first kappa shape index (κ1) is 19.4. The molecule has 0 bridgehead atoms. The van der Waals surface area contributed by atoms with Crippen LogP contribution in [-0.4, -0.2) is 11.9 Å². The molecule has 0 amide bonds. The normalized spacial score (nSPS) is 26.5. The van der Waals surface area contributed by atoms with Crippen LogP contribution in [0.5, 0.6) is 0 Å². The summed E-state index contributed by atoms with van der Waals surface area (Å²) in [6, 6.07) is 0. The van der Waals surface area contributed by atoms with Gasteiger partial charge in [-0.25, -0.2) is 0 Å². The van der Waals surface area contributed by atoms with Gasteiger partial charge in [0.15, 0.2) is 0 Å². The molecule has 1 aliphatic heterocycles. The topological polar surface area (TPSA) is 43.4 Å². The molecule has 1 saturated heterocycles. The number of rotatable bonds is 9. The van der Waals surface area contributed by atoms with Gasteiger partial charge in [0.05, 0.1) is 11.8 Å². The predicted octanol–water partition coefficient (Wildman–Crippen LogP) is 5.75. The van der Waals surface area contributed by atoms with Crippen molar-refractivity contribution in [2.24, 2.45) is 23.7 Å². The van der Waals surface area contributed by atoms with E-state index in [-0.39, 0.29) is 23.8 Å². The molecule has 144 valence electrons. The Balaban J connectivity index is 1.56. The number of allylic oxidation sites excluding steroid dienone is 4. The first-order valence-electron chi connectivity index (χ1n) is 10.5. The Morgan fingerprint density at radius 2 is 1.88 bits per heavy atom. The van der Waals surface area contributed by atoms with Crippen LogP contribution < -0.4 is 0 Å². The minimum absolute atomic E-state index is 0.217. The fourth-order valence-corrected chi connectivity index (χ4v) is 4.35. The molecule has 1 heterocycles. The van der Waals surface area contributed by atoms with Crippen molar-refractivity contribution in [3.63, 3.8) is 0 Å². The highest BCUT2D eigenvalue weighted by atomic mass is 16.6. The monoisotopic (exact) mass is 358 g/mol. The van der Waals surface area contributed by atoms with Gasteiger partial charge < -0.3 is 4.74 Å². The molecule has 0 aromatic carbocycles. The van der Waals surface area contributed by atoms with Gasteiger partial charge in [-0.2, -0.15) is 0 Å². The largest absolute Gasteiger partial charge is 0.393 e. The second-order valence-electron chi connectivity index (χ2n) is 9.07. The van der Waals surface area contributed by atoms with E-state index in [1.54, 1.807) is 11.1 Å². The first-order chi connectivity index (χ1) is 12.4. The van der Waals surface area contributed by atoms with Crippen molar-refractivity contribution in [1.29, 1.82) is 0 Å².